The van der Waals surface area contributed by atoms with Crippen LogP contribution in [0, 0.1) is 0 Å². The summed E-state index contributed by atoms with van der Waals surface area (Å²) in [5, 5.41) is 11.0. The minimum absolute atomic E-state index is 0.0855. The highest BCUT2D eigenvalue weighted by Gasteiger charge is 2.30. The van der Waals surface area contributed by atoms with Crippen LogP contribution >= 0.6 is 0 Å². The second-order valence-electron chi connectivity index (χ2n) is 8.35. The maximum atomic E-state index is 12.9. The number of carbonyl (C=O) groups is 1. The Kier molecular flexibility index (Phi) is 4.81. The first-order chi connectivity index (χ1) is 16.6. The lowest BCUT2D eigenvalue weighted by Gasteiger charge is -2.27. The molecule has 5 heterocycles. The molecule has 0 aliphatic carbocycles. The summed E-state index contributed by atoms with van der Waals surface area (Å²) in [4.78, 5) is 24.4. The lowest BCUT2D eigenvalue weighted by molar-refractivity contribution is 0.101. The number of phenols is 1. The lowest BCUT2D eigenvalue weighted by Crippen LogP contribution is -2.36. The van der Waals surface area contributed by atoms with E-state index in [1.165, 1.54) is 6.07 Å². The van der Waals surface area contributed by atoms with E-state index in [2.05, 4.69) is 16.0 Å². The van der Waals surface area contributed by atoms with Gasteiger partial charge in [0.1, 0.15) is 28.5 Å². The molecule has 1 N–H and O–H groups in total. The predicted molar refractivity (Wildman–Crippen MR) is 128 cm³/mol. The van der Waals surface area contributed by atoms with Gasteiger partial charge in [-0.15, -0.1) is 0 Å². The van der Waals surface area contributed by atoms with Crippen molar-refractivity contribution in [2.45, 2.75) is 0 Å². The van der Waals surface area contributed by atoms with Crippen LogP contribution in [0.4, 0.5) is 5.82 Å². The maximum Gasteiger partial charge on any atom is 0.235 e. The second kappa shape index (κ2) is 8.00. The standard InChI is InChI=1S/C26H22N4O4/c1-29-15-17(13-21-25(32)24-19(31)3-2-4-20(24)34-21)23-18(7-8-27-26(23)29)16-5-6-22(28-14-16)30-9-11-33-12-10-30/h2-8,13-15,31H,9-12H2,1H3. The van der Waals surface area contributed by atoms with Gasteiger partial charge >= 0.3 is 0 Å². The fourth-order valence-electron chi connectivity index (χ4n) is 4.57. The molecule has 0 radical (unpaired) electrons. The number of ketones is 1. The minimum Gasteiger partial charge on any atom is -0.507 e. The Hall–Kier alpha value is -4.17. The van der Waals surface area contributed by atoms with Crippen molar-refractivity contribution in [3.05, 3.63) is 71.9 Å². The molecule has 170 valence electrons. The summed E-state index contributed by atoms with van der Waals surface area (Å²) < 4.78 is 13.1. The summed E-state index contributed by atoms with van der Waals surface area (Å²) in [6.07, 6.45) is 7.28. The van der Waals surface area contributed by atoms with Gasteiger partial charge in [-0.1, -0.05) is 6.07 Å². The van der Waals surface area contributed by atoms with E-state index in [0.717, 1.165) is 46.6 Å². The number of phenolic OH excluding ortho intramolecular Hbond substituents is 1. The molecule has 34 heavy (non-hydrogen) atoms. The number of pyridine rings is 2. The fourth-order valence-corrected chi connectivity index (χ4v) is 4.57. The summed E-state index contributed by atoms with van der Waals surface area (Å²) in [6, 6.07) is 10.8. The molecular weight excluding hydrogens is 432 g/mol. The molecule has 8 heteroatoms. The van der Waals surface area contributed by atoms with Crippen molar-refractivity contribution in [1.82, 2.24) is 14.5 Å². The summed E-state index contributed by atoms with van der Waals surface area (Å²) >= 11 is 0. The van der Waals surface area contributed by atoms with Gasteiger partial charge in [-0.25, -0.2) is 9.97 Å². The predicted octanol–water partition coefficient (Wildman–Crippen LogP) is 3.79. The molecule has 0 amide bonds. The largest absolute Gasteiger partial charge is 0.507 e. The Morgan fingerprint density at radius 2 is 1.94 bits per heavy atom. The molecular formula is C26H22N4O4. The Morgan fingerprint density at radius 3 is 2.71 bits per heavy atom. The van der Waals surface area contributed by atoms with Gasteiger partial charge in [0.15, 0.2) is 5.76 Å². The summed E-state index contributed by atoms with van der Waals surface area (Å²) in [5.41, 5.74) is 3.69. The average Bonchev–Trinajstić information content (AvgIpc) is 3.37. The van der Waals surface area contributed by atoms with Gasteiger partial charge in [-0.3, -0.25) is 4.79 Å². The first-order valence-electron chi connectivity index (χ1n) is 11.1. The van der Waals surface area contributed by atoms with Gasteiger partial charge in [0.05, 0.1) is 13.2 Å². The number of fused-ring (bicyclic) bond motifs is 2. The van der Waals surface area contributed by atoms with Gasteiger partial charge in [0.25, 0.3) is 0 Å². The normalized spacial score (nSPS) is 16.8. The molecule has 0 bridgehead atoms. The van der Waals surface area contributed by atoms with Crippen LogP contribution in [0.25, 0.3) is 28.2 Å². The molecule has 6 rings (SSSR count). The number of anilines is 1. The molecule has 1 saturated heterocycles. The van der Waals surface area contributed by atoms with Crippen LogP contribution in [0.3, 0.4) is 0 Å². The van der Waals surface area contributed by atoms with Crippen LogP contribution < -0.4 is 9.64 Å². The number of rotatable bonds is 3. The van der Waals surface area contributed by atoms with Crippen molar-refractivity contribution < 1.29 is 19.4 Å². The first-order valence-corrected chi connectivity index (χ1v) is 11.1. The SMILES string of the molecule is Cn1cc(C=C2Oc3cccc(O)c3C2=O)c2c(-c3ccc(N4CCOCC4)nc3)ccnc21. The highest BCUT2D eigenvalue weighted by atomic mass is 16.5. The number of nitrogens with zero attached hydrogens (tertiary/aromatic N) is 4. The molecule has 1 fully saturated rings. The molecule has 2 aliphatic heterocycles. The Labute approximate surface area is 195 Å². The van der Waals surface area contributed by atoms with Crippen LogP contribution in [-0.4, -0.2) is 51.7 Å². The number of ether oxygens (including phenoxy) is 2. The number of allylic oxidation sites excluding steroid dienone is 1. The van der Waals surface area contributed by atoms with Gasteiger partial charge in [-0.2, -0.15) is 0 Å². The van der Waals surface area contributed by atoms with Crippen LogP contribution in [0.1, 0.15) is 15.9 Å². The number of aromatic hydroxyl groups is 1. The van der Waals surface area contributed by atoms with E-state index >= 15 is 0 Å². The van der Waals surface area contributed by atoms with Crippen LogP contribution in [0.5, 0.6) is 11.5 Å². The third kappa shape index (κ3) is 3.31. The van der Waals surface area contributed by atoms with E-state index < -0.39 is 0 Å². The van der Waals surface area contributed by atoms with E-state index in [-0.39, 0.29) is 22.9 Å². The first kappa shape index (κ1) is 20.4. The molecule has 3 aromatic heterocycles. The number of Topliss-reactive ketones (excluding diaryl/α,β-unsaturated/α-hetero) is 1. The van der Waals surface area contributed by atoms with Crippen molar-refractivity contribution >= 4 is 28.7 Å². The van der Waals surface area contributed by atoms with E-state index in [0.29, 0.717) is 19.0 Å². The third-order valence-electron chi connectivity index (χ3n) is 6.24. The highest BCUT2D eigenvalue weighted by Crippen LogP contribution is 2.39. The zero-order valence-electron chi connectivity index (χ0n) is 18.6. The molecule has 2 aliphatic rings. The van der Waals surface area contributed by atoms with Crippen molar-refractivity contribution in [2.75, 3.05) is 31.2 Å². The monoisotopic (exact) mass is 454 g/mol. The van der Waals surface area contributed by atoms with Crippen molar-refractivity contribution in [3.63, 3.8) is 0 Å². The zero-order chi connectivity index (χ0) is 23.2. The quantitative estimate of drug-likeness (QED) is 0.471. The number of hydrogen-bond acceptors (Lipinski definition) is 7. The molecule has 0 saturated carbocycles. The number of morpholine rings is 1. The number of aromatic nitrogens is 3. The molecule has 8 nitrogen and oxygen atoms in total. The topological polar surface area (TPSA) is 89.7 Å². The molecule has 4 aromatic rings. The number of carbonyl (C=O) groups excluding carboxylic acids is 1. The summed E-state index contributed by atoms with van der Waals surface area (Å²) in [6.45, 7) is 3.07. The smallest absolute Gasteiger partial charge is 0.235 e. The van der Waals surface area contributed by atoms with Gasteiger partial charge in [-0.05, 0) is 42.0 Å². The lowest BCUT2D eigenvalue weighted by atomic mass is 10.0. The minimum atomic E-state index is -0.341. The van der Waals surface area contributed by atoms with Crippen LogP contribution in [-0.2, 0) is 11.8 Å². The Balaban J connectivity index is 1.42. The van der Waals surface area contributed by atoms with Gasteiger partial charge in [0, 0.05) is 55.2 Å². The summed E-state index contributed by atoms with van der Waals surface area (Å²) in [7, 11) is 1.92. The zero-order valence-corrected chi connectivity index (χ0v) is 18.6. The number of aryl methyl sites for hydroxylation is 1. The van der Waals surface area contributed by atoms with Crippen LogP contribution in [0.15, 0.2) is 60.7 Å². The van der Waals surface area contributed by atoms with Crippen molar-refractivity contribution in [1.29, 1.82) is 0 Å². The van der Waals surface area contributed by atoms with E-state index in [1.54, 1.807) is 24.4 Å². The highest BCUT2D eigenvalue weighted by molar-refractivity contribution is 6.17. The van der Waals surface area contributed by atoms with E-state index in [9.17, 15) is 9.90 Å². The third-order valence-corrected chi connectivity index (χ3v) is 6.24. The Bertz CT molecular complexity index is 1450. The van der Waals surface area contributed by atoms with Crippen LogP contribution in [0.2, 0.25) is 0 Å². The van der Waals surface area contributed by atoms with E-state index in [4.69, 9.17) is 14.5 Å². The molecule has 0 unspecified atom stereocenters. The Morgan fingerprint density at radius 1 is 1.09 bits per heavy atom. The fraction of sp³-hybridized carbons (Fsp3) is 0.192. The molecule has 0 atom stereocenters. The van der Waals surface area contributed by atoms with Crippen molar-refractivity contribution in [2.24, 2.45) is 7.05 Å². The van der Waals surface area contributed by atoms with Gasteiger partial charge < -0.3 is 24.0 Å². The number of benzene rings is 1. The van der Waals surface area contributed by atoms with Gasteiger partial charge in [0.2, 0.25) is 5.78 Å². The second-order valence-corrected chi connectivity index (χ2v) is 8.35. The maximum absolute atomic E-state index is 12.9. The van der Waals surface area contributed by atoms with Crippen molar-refractivity contribution in [3.8, 4) is 22.6 Å². The van der Waals surface area contributed by atoms with E-state index in [1.807, 2.05) is 36.1 Å². The molecule has 1 aromatic carbocycles. The summed E-state index contributed by atoms with van der Waals surface area (Å²) in [5.74, 6) is 1.03. The number of hydrogen-bond donors (Lipinski definition) is 1. The molecule has 0 spiro atoms. The average molecular weight is 454 g/mol.